The topological polar surface area (TPSA) is 82.5 Å². The van der Waals surface area contributed by atoms with Crippen molar-refractivity contribution in [3.05, 3.63) is 53.2 Å². The van der Waals surface area contributed by atoms with Gasteiger partial charge in [0.2, 0.25) is 10.0 Å². The number of rotatable bonds is 6. The summed E-state index contributed by atoms with van der Waals surface area (Å²) in [7, 11) is -3.47. The number of sulfonamides is 1. The zero-order valence-electron chi connectivity index (χ0n) is 13.6. The van der Waals surface area contributed by atoms with Crippen molar-refractivity contribution in [2.75, 3.05) is 25.0 Å². The number of benzene rings is 1. The number of pyridine rings is 1. The molecule has 2 heterocycles. The van der Waals surface area contributed by atoms with Crippen molar-refractivity contribution in [2.24, 2.45) is 0 Å². The number of hydrogen-bond acceptors (Lipinski definition) is 5. The van der Waals surface area contributed by atoms with Crippen LogP contribution >= 0.6 is 11.6 Å². The van der Waals surface area contributed by atoms with Gasteiger partial charge in [-0.2, -0.15) is 4.31 Å². The van der Waals surface area contributed by atoms with Crippen molar-refractivity contribution in [3.8, 4) is 0 Å². The molecule has 2 aromatic rings. The van der Waals surface area contributed by atoms with E-state index in [0.29, 0.717) is 23.9 Å². The Kier molecular flexibility index (Phi) is 5.58. The van der Waals surface area contributed by atoms with Crippen molar-refractivity contribution in [3.63, 3.8) is 0 Å². The second kappa shape index (κ2) is 7.70. The highest BCUT2D eigenvalue weighted by atomic mass is 35.5. The Morgan fingerprint density at radius 1 is 1.16 bits per heavy atom. The zero-order chi connectivity index (χ0) is 17.9. The van der Waals surface area contributed by atoms with E-state index in [1.165, 1.54) is 10.5 Å². The van der Waals surface area contributed by atoms with Crippen molar-refractivity contribution < 1.29 is 13.5 Å². The number of aliphatic hydroxyl groups is 1. The van der Waals surface area contributed by atoms with Crippen LogP contribution < -0.4 is 5.32 Å². The fourth-order valence-electron chi connectivity index (χ4n) is 2.80. The second-order valence-electron chi connectivity index (χ2n) is 5.92. The maximum absolute atomic E-state index is 12.5. The van der Waals surface area contributed by atoms with Gasteiger partial charge in [0, 0.05) is 24.3 Å². The van der Waals surface area contributed by atoms with Gasteiger partial charge < -0.3 is 10.4 Å². The third kappa shape index (κ3) is 4.12. The first kappa shape index (κ1) is 18.1. The van der Waals surface area contributed by atoms with Gasteiger partial charge in [-0.25, -0.2) is 13.4 Å². The highest BCUT2D eigenvalue weighted by Crippen LogP contribution is 2.23. The van der Waals surface area contributed by atoms with Crippen LogP contribution in [0, 0.1) is 0 Å². The molecule has 8 heteroatoms. The number of nitrogens with zero attached hydrogens (tertiary/aromatic N) is 2. The minimum Gasteiger partial charge on any atom is -0.394 e. The van der Waals surface area contributed by atoms with Crippen molar-refractivity contribution in [1.29, 1.82) is 0 Å². The lowest BCUT2D eigenvalue weighted by Crippen LogP contribution is -2.28. The molecule has 0 aliphatic carbocycles. The summed E-state index contributed by atoms with van der Waals surface area (Å²) in [6, 6.07) is 9.94. The Hall–Kier alpha value is -1.67. The van der Waals surface area contributed by atoms with Crippen LogP contribution in [0.2, 0.25) is 5.02 Å². The predicted molar refractivity (Wildman–Crippen MR) is 97.1 cm³/mol. The summed E-state index contributed by atoms with van der Waals surface area (Å²) in [5.74, 6) is 0.495. The molecule has 3 rings (SSSR count). The van der Waals surface area contributed by atoms with Gasteiger partial charge in [-0.3, -0.25) is 0 Å². The van der Waals surface area contributed by atoms with Gasteiger partial charge in [0.25, 0.3) is 0 Å². The largest absolute Gasteiger partial charge is 0.394 e. The van der Waals surface area contributed by atoms with E-state index in [9.17, 15) is 13.5 Å². The molecule has 0 spiro atoms. The molecular formula is C17H20ClN3O3S. The summed E-state index contributed by atoms with van der Waals surface area (Å²) in [5.41, 5.74) is 0.863. The van der Waals surface area contributed by atoms with Crippen molar-refractivity contribution >= 4 is 27.4 Å². The maximum Gasteiger partial charge on any atom is 0.244 e. The van der Waals surface area contributed by atoms with Crippen LogP contribution in [0.3, 0.4) is 0 Å². The first-order chi connectivity index (χ1) is 12.0. The molecule has 6 nitrogen and oxygen atoms in total. The minimum absolute atomic E-state index is 0.128. The molecule has 0 bridgehead atoms. The van der Waals surface area contributed by atoms with Crippen LogP contribution in [-0.4, -0.2) is 42.5 Å². The van der Waals surface area contributed by atoms with Crippen LogP contribution in [0.25, 0.3) is 0 Å². The molecule has 1 fully saturated rings. The second-order valence-corrected chi connectivity index (χ2v) is 8.30. The molecule has 1 aliphatic rings. The summed E-state index contributed by atoms with van der Waals surface area (Å²) in [6.45, 7) is 0.994. The third-order valence-corrected chi connectivity index (χ3v) is 6.35. The molecule has 25 heavy (non-hydrogen) atoms. The van der Waals surface area contributed by atoms with E-state index < -0.39 is 10.0 Å². The molecule has 1 unspecified atom stereocenters. The number of nitrogens with one attached hydrogen (secondary N) is 1. The molecule has 0 saturated carbocycles. The van der Waals surface area contributed by atoms with Gasteiger partial charge in [-0.05, 0) is 42.7 Å². The monoisotopic (exact) mass is 381 g/mol. The summed E-state index contributed by atoms with van der Waals surface area (Å²) in [6.07, 6.45) is 3.14. The molecule has 1 aliphatic heterocycles. The Balaban J connectivity index is 1.74. The lowest BCUT2D eigenvalue weighted by molar-refractivity contribution is 0.276. The Morgan fingerprint density at radius 3 is 2.40 bits per heavy atom. The normalized spacial score (nSPS) is 16.7. The molecule has 1 atom stereocenters. The molecular weight excluding hydrogens is 362 g/mol. The summed E-state index contributed by atoms with van der Waals surface area (Å²) in [4.78, 5) is 4.38. The van der Waals surface area contributed by atoms with Gasteiger partial charge in [0.1, 0.15) is 10.7 Å². The van der Waals surface area contributed by atoms with Gasteiger partial charge in [-0.15, -0.1) is 0 Å². The van der Waals surface area contributed by atoms with E-state index in [1.807, 2.05) is 12.1 Å². The van der Waals surface area contributed by atoms with Gasteiger partial charge in [0.05, 0.1) is 12.6 Å². The fourth-order valence-corrected chi connectivity index (χ4v) is 4.39. The van der Waals surface area contributed by atoms with E-state index in [2.05, 4.69) is 10.3 Å². The zero-order valence-corrected chi connectivity index (χ0v) is 15.2. The Labute approximate surface area is 152 Å². The highest BCUT2D eigenvalue weighted by molar-refractivity contribution is 7.89. The lowest BCUT2D eigenvalue weighted by atomic mass is 10.1. The van der Waals surface area contributed by atoms with Crippen LogP contribution in [-0.2, 0) is 10.0 Å². The van der Waals surface area contributed by atoms with Crippen molar-refractivity contribution in [1.82, 2.24) is 9.29 Å². The van der Waals surface area contributed by atoms with Gasteiger partial charge >= 0.3 is 0 Å². The molecule has 2 N–H and O–H groups in total. The highest BCUT2D eigenvalue weighted by Gasteiger charge is 2.27. The van der Waals surface area contributed by atoms with E-state index in [-0.39, 0.29) is 17.5 Å². The number of aliphatic hydroxyl groups excluding tert-OH is 1. The predicted octanol–water partition coefficient (Wildman–Crippen LogP) is 2.67. The van der Waals surface area contributed by atoms with Crippen molar-refractivity contribution in [2.45, 2.75) is 23.8 Å². The fraction of sp³-hybridized carbons (Fsp3) is 0.353. The van der Waals surface area contributed by atoms with E-state index >= 15 is 0 Å². The average Bonchev–Trinajstić information content (AvgIpc) is 3.16. The molecule has 0 radical (unpaired) electrons. The third-order valence-electron chi connectivity index (χ3n) is 4.22. The average molecular weight is 382 g/mol. The molecule has 0 amide bonds. The van der Waals surface area contributed by atoms with Gasteiger partial charge in [0.15, 0.2) is 0 Å². The maximum atomic E-state index is 12.5. The number of aromatic nitrogens is 1. The van der Waals surface area contributed by atoms with E-state index in [0.717, 1.165) is 18.4 Å². The molecule has 134 valence electrons. The quantitative estimate of drug-likeness (QED) is 0.803. The molecule has 1 aromatic carbocycles. The molecule has 1 saturated heterocycles. The lowest BCUT2D eigenvalue weighted by Gasteiger charge is -2.18. The van der Waals surface area contributed by atoms with E-state index in [4.69, 9.17) is 11.6 Å². The summed E-state index contributed by atoms with van der Waals surface area (Å²) in [5, 5.41) is 13.3. The minimum atomic E-state index is -3.47. The first-order valence-electron chi connectivity index (χ1n) is 8.10. The standard InChI is InChI=1S/C17H20ClN3O3S/c18-14-5-3-13(4-6-14)16(12-22)20-17-8-7-15(11-19-17)25(23,24)21-9-1-2-10-21/h3-8,11,16,22H,1-2,9-10,12H2,(H,19,20). The van der Waals surface area contributed by atoms with E-state index in [1.54, 1.807) is 24.3 Å². The summed E-state index contributed by atoms with van der Waals surface area (Å²) >= 11 is 5.88. The van der Waals surface area contributed by atoms with Crippen LogP contribution in [0.1, 0.15) is 24.4 Å². The Morgan fingerprint density at radius 2 is 1.84 bits per heavy atom. The first-order valence-corrected chi connectivity index (χ1v) is 9.91. The van der Waals surface area contributed by atoms with Crippen LogP contribution in [0.4, 0.5) is 5.82 Å². The van der Waals surface area contributed by atoms with Crippen LogP contribution in [0.5, 0.6) is 0 Å². The Bertz CT molecular complexity index is 804. The molecule has 1 aromatic heterocycles. The smallest absolute Gasteiger partial charge is 0.244 e. The number of anilines is 1. The number of halogens is 1. The summed E-state index contributed by atoms with van der Waals surface area (Å²) < 4.78 is 26.5. The number of hydrogen-bond donors (Lipinski definition) is 2. The SMILES string of the molecule is O=S(=O)(c1ccc(NC(CO)c2ccc(Cl)cc2)nc1)N1CCCC1. The van der Waals surface area contributed by atoms with Gasteiger partial charge in [-0.1, -0.05) is 23.7 Å². The van der Waals surface area contributed by atoms with Crippen LogP contribution in [0.15, 0.2) is 47.5 Å².